The predicted octanol–water partition coefficient (Wildman–Crippen LogP) is 2.59. The van der Waals surface area contributed by atoms with Gasteiger partial charge < -0.3 is 10.0 Å². The summed E-state index contributed by atoms with van der Waals surface area (Å²) >= 11 is 6.06. The standard InChI is InChI=1S/C16H18ClNO3/c1-16(2)14(20)10-6-5-9(17)8-11(10)13(15(16)21)18-7-3-4-12(18)19/h5-6,8,13,15,21H,3-4,7H2,1-2H3/t13-,15+/m1/s1. The lowest BCUT2D eigenvalue weighted by molar-refractivity contribution is -0.134. The fourth-order valence-corrected chi connectivity index (χ4v) is 3.51. The molecule has 112 valence electrons. The molecule has 0 unspecified atom stereocenters. The van der Waals surface area contributed by atoms with Crippen molar-refractivity contribution in [3.05, 3.63) is 34.3 Å². The normalized spacial score (nSPS) is 27.9. The maximum absolute atomic E-state index is 12.6. The van der Waals surface area contributed by atoms with Crippen LogP contribution in [0.3, 0.4) is 0 Å². The van der Waals surface area contributed by atoms with Crippen molar-refractivity contribution in [2.45, 2.75) is 38.8 Å². The Morgan fingerprint density at radius 3 is 2.67 bits per heavy atom. The number of likely N-dealkylation sites (tertiary alicyclic amines) is 1. The van der Waals surface area contributed by atoms with E-state index in [1.54, 1.807) is 36.9 Å². The van der Waals surface area contributed by atoms with Gasteiger partial charge in [0.15, 0.2) is 5.78 Å². The first kappa shape index (κ1) is 14.5. The smallest absolute Gasteiger partial charge is 0.223 e. The lowest BCUT2D eigenvalue weighted by Gasteiger charge is -2.44. The van der Waals surface area contributed by atoms with E-state index in [2.05, 4.69) is 0 Å². The van der Waals surface area contributed by atoms with Crippen LogP contribution in [0.15, 0.2) is 18.2 Å². The van der Waals surface area contributed by atoms with Crippen molar-refractivity contribution in [2.24, 2.45) is 5.41 Å². The molecule has 3 rings (SSSR count). The number of carbonyl (C=O) groups excluding carboxylic acids is 2. The maximum atomic E-state index is 12.6. The molecule has 0 saturated carbocycles. The number of Topliss-reactive ketones (excluding diaryl/α,β-unsaturated/α-hetero) is 1. The zero-order chi connectivity index (χ0) is 15.4. The van der Waals surface area contributed by atoms with Gasteiger partial charge in [-0.15, -0.1) is 0 Å². The largest absolute Gasteiger partial charge is 0.390 e. The summed E-state index contributed by atoms with van der Waals surface area (Å²) in [6.07, 6.45) is 0.345. The second-order valence-electron chi connectivity index (χ2n) is 6.36. The molecule has 21 heavy (non-hydrogen) atoms. The highest BCUT2D eigenvalue weighted by Gasteiger charge is 2.50. The number of aliphatic hydroxyl groups excluding tert-OH is 1. The second-order valence-corrected chi connectivity index (χ2v) is 6.80. The van der Waals surface area contributed by atoms with Gasteiger partial charge in [0.05, 0.1) is 17.6 Å². The summed E-state index contributed by atoms with van der Waals surface area (Å²) in [6.45, 7) is 4.06. The molecule has 2 aliphatic rings. The lowest BCUT2D eigenvalue weighted by atomic mass is 9.68. The minimum atomic E-state index is -0.932. The van der Waals surface area contributed by atoms with Gasteiger partial charge in [-0.3, -0.25) is 9.59 Å². The van der Waals surface area contributed by atoms with Crippen molar-refractivity contribution in [3.63, 3.8) is 0 Å². The van der Waals surface area contributed by atoms with Crippen LogP contribution in [0.5, 0.6) is 0 Å². The molecule has 0 bridgehead atoms. The number of amides is 1. The molecule has 1 amide bonds. The molecule has 2 atom stereocenters. The summed E-state index contributed by atoms with van der Waals surface area (Å²) in [7, 11) is 0. The van der Waals surface area contributed by atoms with E-state index in [1.165, 1.54) is 0 Å². The van der Waals surface area contributed by atoms with Crippen LogP contribution < -0.4 is 0 Å². The summed E-state index contributed by atoms with van der Waals surface area (Å²) in [5.41, 5.74) is 0.294. The summed E-state index contributed by atoms with van der Waals surface area (Å²) in [6, 6.07) is 4.57. The molecule has 0 radical (unpaired) electrons. The average Bonchev–Trinajstić information content (AvgIpc) is 2.83. The molecule has 1 saturated heterocycles. The summed E-state index contributed by atoms with van der Waals surface area (Å²) in [5, 5.41) is 11.2. The molecule has 1 heterocycles. The van der Waals surface area contributed by atoms with Gasteiger partial charge in [0.25, 0.3) is 0 Å². The van der Waals surface area contributed by atoms with Gasteiger partial charge in [0.2, 0.25) is 5.91 Å². The lowest BCUT2D eigenvalue weighted by Crippen LogP contribution is -2.51. The Balaban J connectivity index is 2.18. The number of rotatable bonds is 1. The molecule has 0 spiro atoms. The Bertz CT molecular complexity index is 626. The fourth-order valence-electron chi connectivity index (χ4n) is 3.33. The third-order valence-corrected chi connectivity index (χ3v) is 4.88. The highest BCUT2D eigenvalue weighted by atomic mass is 35.5. The monoisotopic (exact) mass is 307 g/mol. The Labute approximate surface area is 128 Å². The molecule has 4 nitrogen and oxygen atoms in total. The molecular formula is C16H18ClNO3. The summed E-state index contributed by atoms with van der Waals surface area (Å²) < 4.78 is 0. The van der Waals surface area contributed by atoms with Gasteiger partial charge >= 0.3 is 0 Å². The van der Waals surface area contributed by atoms with E-state index in [-0.39, 0.29) is 11.7 Å². The van der Waals surface area contributed by atoms with Crippen LogP contribution in [0.4, 0.5) is 0 Å². The second kappa shape index (κ2) is 4.82. The predicted molar refractivity (Wildman–Crippen MR) is 79.3 cm³/mol. The summed E-state index contributed by atoms with van der Waals surface area (Å²) in [5.74, 6) is -0.0836. The van der Waals surface area contributed by atoms with Crippen molar-refractivity contribution in [1.29, 1.82) is 0 Å². The fraction of sp³-hybridized carbons (Fsp3) is 0.500. The van der Waals surface area contributed by atoms with Gasteiger partial charge in [-0.2, -0.15) is 0 Å². The molecule has 1 N–H and O–H groups in total. The number of benzene rings is 1. The Morgan fingerprint density at radius 2 is 2.05 bits per heavy atom. The summed E-state index contributed by atoms with van der Waals surface area (Å²) in [4.78, 5) is 26.4. The van der Waals surface area contributed by atoms with Gasteiger partial charge in [0, 0.05) is 23.6 Å². The molecule has 1 aromatic rings. The molecular weight excluding hydrogens is 290 g/mol. The number of halogens is 1. The average molecular weight is 308 g/mol. The number of nitrogens with zero attached hydrogens (tertiary/aromatic N) is 1. The molecule has 1 aromatic carbocycles. The van der Waals surface area contributed by atoms with E-state index in [0.717, 1.165) is 6.42 Å². The molecule has 1 aliphatic carbocycles. The third-order valence-electron chi connectivity index (χ3n) is 4.65. The third kappa shape index (κ3) is 2.09. The molecule has 1 fully saturated rings. The minimum Gasteiger partial charge on any atom is -0.390 e. The zero-order valence-electron chi connectivity index (χ0n) is 12.1. The van der Waals surface area contributed by atoms with Crippen LogP contribution in [-0.4, -0.2) is 34.3 Å². The van der Waals surface area contributed by atoms with Crippen molar-refractivity contribution >= 4 is 23.3 Å². The van der Waals surface area contributed by atoms with E-state index in [4.69, 9.17) is 11.6 Å². The van der Waals surface area contributed by atoms with Crippen molar-refractivity contribution in [1.82, 2.24) is 4.90 Å². The number of aliphatic hydroxyl groups is 1. The first-order chi connectivity index (χ1) is 9.84. The zero-order valence-corrected chi connectivity index (χ0v) is 12.9. The Morgan fingerprint density at radius 1 is 1.33 bits per heavy atom. The van der Waals surface area contributed by atoms with E-state index >= 15 is 0 Å². The van der Waals surface area contributed by atoms with Crippen molar-refractivity contribution in [2.75, 3.05) is 6.54 Å². The molecule has 5 heteroatoms. The van der Waals surface area contributed by atoms with Crippen molar-refractivity contribution < 1.29 is 14.7 Å². The van der Waals surface area contributed by atoms with Crippen LogP contribution in [-0.2, 0) is 4.79 Å². The SMILES string of the molecule is CC1(C)C(=O)c2ccc(Cl)cc2[C@@H](N2CCCC2=O)[C@@H]1O. The molecule has 0 aromatic heterocycles. The van der Waals surface area contributed by atoms with Crippen molar-refractivity contribution in [3.8, 4) is 0 Å². The van der Waals surface area contributed by atoms with Gasteiger partial charge in [-0.25, -0.2) is 0 Å². The van der Waals surface area contributed by atoms with Gasteiger partial charge in [0.1, 0.15) is 0 Å². The van der Waals surface area contributed by atoms with Crippen LogP contribution in [0.2, 0.25) is 5.02 Å². The van der Waals surface area contributed by atoms with E-state index in [9.17, 15) is 14.7 Å². The topological polar surface area (TPSA) is 57.6 Å². The van der Waals surface area contributed by atoms with Crippen LogP contribution in [0.1, 0.15) is 48.7 Å². The number of carbonyl (C=O) groups is 2. The van der Waals surface area contributed by atoms with Gasteiger partial charge in [-0.1, -0.05) is 11.6 Å². The van der Waals surface area contributed by atoms with Crippen LogP contribution in [0.25, 0.3) is 0 Å². The number of fused-ring (bicyclic) bond motifs is 1. The van der Waals surface area contributed by atoms with E-state index < -0.39 is 17.6 Å². The first-order valence-corrected chi connectivity index (χ1v) is 7.53. The Hall–Kier alpha value is -1.39. The molecule has 1 aliphatic heterocycles. The minimum absolute atomic E-state index is 0.0233. The van der Waals surface area contributed by atoms with Gasteiger partial charge in [-0.05, 0) is 44.0 Å². The quantitative estimate of drug-likeness (QED) is 0.867. The van der Waals surface area contributed by atoms with E-state index in [1.807, 2.05) is 0 Å². The van der Waals surface area contributed by atoms with Crippen LogP contribution in [0, 0.1) is 5.41 Å². The number of ketones is 1. The number of hydrogen-bond donors (Lipinski definition) is 1. The highest BCUT2D eigenvalue weighted by molar-refractivity contribution is 6.30. The Kier molecular flexibility index (Phi) is 3.34. The van der Waals surface area contributed by atoms with E-state index in [0.29, 0.717) is 29.1 Å². The maximum Gasteiger partial charge on any atom is 0.223 e. The van der Waals surface area contributed by atoms with Crippen LogP contribution >= 0.6 is 11.6 Å². The first-order valence-electron chi connectivity index (χ1n) is 7.16. The number of hydrogen-bond acceptors (Lipinski definition) is 3. The highest BCUT2D eigenvalue weighted by Crippen LogP contribution is 2.45.